The van der Waals surface area contributed by atoms with Crippen LogP contribution in [0.1, 0.15) is 19.8 Å². The molecule has 5 nitrogen and oxygen atoms in total. The highest BCUT2D eigenvalue weighted by Crippen LogP contribution is 2.24. The molecule has 0 fully saturated rings. The molecule has 0 atom stereocenters. The number of anilines is 1. The first kappa shape index (κ1) is 17.7. The van der Waals surface area contributed by atoms with Crippen LogP contribution in [0.25, 0.3) is 0 Å². The average molecular weight is 329 g/mol. The van der Waals surface area contributed by atoms with Crippen LogP contribution < -0.4 is 19.5 Å². The Labute approximate surface area is 142 Å². The fourth-order valence-corrected chi connectivity index (χ4v) is 2.05. The molecule has 1 N–H and O–H groups in total. The van der Waals surface area contributed by atoms with E-state index in [1.807, 2.05) is 36.4 Å². The molecule has 5 heteroatoms. The molecule has 2 aromatic rings. The third-order valence-corrected chi connectivity index (χ3v) is 3.33. The normalized spacial score (nSPS) is 10.1. The minimum Gasteiger partial charge on any atom is -0.497 e. The van der Waals surface area contributed by atoms with Crippen molar-refractivity contribution >= 4 is 11.6 Å². The highest BCUT2D eigenvalue weighted by Gasteiger charge is 2.08. The lowest BCUT2D eigenvalue weighted by molar-refractivity contribution is -0.118. The largest absolute Gasteiger partial charge is 0.497 e. The molecular weight excluding hydrogens is 306 g/mol. The molecule has 2 aromatic carbocycles. The molecule has 24 heavy (non-hydrogen) atoms. The standard InChI is InChI=1S/C19H23NO4/c1-3-4-12-23-18-11-6-5-10-17(18)20-19(21)14-24-16-9-7-8-15(13-16)22-2/h5-11,13H,3-4,12,14H2,1-2H3,(H,20,21). The molecule has 0 saturated heterocycles. The summed E-state index contributed by atoms with van der Waals surface area (Å²) in [7, 11) is 1.58. The molecule has 0 unspecified atom stereocenters. The maximum Gasteiger partial charge on any atom is 0.262 e. The van der Waals surface area contributed by atoms with E-state index < -0.39 is 0 Å². The molecule has 128 valence electrons. The van der Waals surface area contributed by atoms with Gasteiger partial charge in [0.15, 0.2) is 6.61 Å². The average Bonchev–Trinajstić information content (AvgIpc) is 2.62. The molecule has 0 heterocycles. The van der Waals surface area contributed by atoms with Crippen LogP contribution in [0.15, 0.2) is 48.5 Å². The Hall–Kier alpha value is -2.69. The topological polar surface area (TPSA) is 56.8 Å². The Bertz CT molecular complexity index is 657. The Kier molecular flexibility index (Phi) is 6.95. The van der Waals surface area contributed by atoms with Crippen LogP contribution in [0, 0.1) is 0 Å². The van der Waals surface area contributed by atoms with Gasteiger partial charge in [-0.25, -0.2) is 0 Å². The summed E-state index contributed by atoms with van der Waals surface area (Å²) >= 11 is 0. The molecule has 1 amide bonds. The van der Waals surface area contributed by atoms with Crippen molar-refractivity contribution < 1.29 is 19.0 Å². The van der Waals surface area contributed by atoms with Crippen LogP contribution >= 0.6 is 0 Å². The van der Waals surface area contributed by atoms with E-state index in [0.29, 0.717) is 29.5 Å². The van der Waals surface area contributed by atoms with Crippen molar-refractivity contribution in [2.75, 3.05) is 25.6 Å². The van der Waals surface area contributed by atoms with Gasteiger partial charge < -0.3 is 19.5 Å². The predicted octanol–water partition coefficient (Wildman–Crippen LogP) is 3.89. The smallest absolute Gasteiger partial charge is 0.262 e. The number of hydrogen-bond donors (Lipinski definition) is 1. The monoisotopic (exact) mass is 329 g/mol. The van der Waals surface area contributed by atoms with Gasteiger partial charge in [-0.3, -0.25) is 4.79 Å². The fraction of sp³-hybridized carbons (Fsp3) is 0.316. The van der Waals surface area contributed by atoms with Gasteiger partial charge in [-0.2, -0.15) is 0 Å². The number of para-hydroxylation sites is 2. The van der Waals surface area contributed by atoms with E-state index in [1.165, 1.54) is 0 Å². The lowest BCUT2D eigenvalue weighted by atomic mass is 10.3. The summed E-state index contributed by atoms with van der Waals surface area (Å²) in [6.45, 7) is 2.65. The fourth-order valence-electron chi connectivity index (χ4n) is 2.05. The summed E-state index contributed by atoms with van der Waals surface area (Å²) < 4.78 is 16.3. The molecular formula is C19H23NO4. The van der Waals surface area contributed by atoms with Gasteiger partial charge in [0.25, 0.3) is 5.91 Å². The Morgan fingerprint density at radius 2 is 1.83 bits per heavy atom. The van der Waals surface area contributed by atoms with E-state index >= 15 is 0 Å². The second-order valence-corrected chi connectivity index (χ2v) is 5.21. The van der Waals surface area contributed by atoms with Crippen LogP contribution in [0.4, 0.5) is 5.69 Å². The van der Waals surface area contributed by atoms with Crippen molar-refractivity contribution in [2.45, 2.75) is 19.8 Å². The molecule has 0 aliphatic heterocycles. The first-order valence-corrected chi connectivity index (χ1v) is 8.01. The number of amides is 1. The van der Waals surface area contributed by atoms with Gasteiger partial charge in [0.1, 0.15) is 17.2 Å². The van der Waals surface area contributed by atoms with Gasteiger partial charge >= 0.3 is 0 Å². The van der Waals surface area contributed by atoms with E-state index in [0.717, 1.165) is 12.8 Å². The number of unbranched alkanes of at least 4 members (excludes halogenated alkanes) is 1. The highest BCUT2D eigenvalue weighted by molar-refractivity contribution is 5.93. The van der Waals surface area contributed by atoms with E-state index in [4.69, 9.17) is 14.2 Å². The van der Waals surface area contributed by atoms with Crippen molar-refractivity contribution in [1.82, 2.24) is 0 Å². The Morgan fingerprint density at radius 1 is 1.04 bits per heavy atom. The predicted molar refractivity (Wildman–Crippen MR) is 94.0 cm³/mol. The number of rotatable bonds is 9. The second kappa shape index (κ2) is 9.45. The summed E-state index contributed by atoms with van der Waals surface area (Å²) in [5, 5.41) is 2.82. The molecule has 0 spiro atoms. The SMILES string of the molecule is CCCCOc1ccccc1NC(=O)COc1cccc(OC)c1. The number of nitrogens with one attached hydrogen (secondary N) is 1. The number of carbonyl (C=O) groups is 1. The molecule has 0 aromatic heterocycles. The minimum atomic E-state index is -0.246. The van der Waals surface area contributed by atoms with Gasteiger partial charge in [-0.05, 0) is 30.7 Å². The maximum atomic E-state index is 12.1. The van der Waals surface area contributed by atoms with Gasteiger partial charge in [-0.1, -0.05) is 31.5 Å². The van der Waals surface area contributed by atoms with E-state index in [-0.39, 0.29) is 12.5 Å². The Balaban J connectivity index is 1.90. The molecule has 2 rings (SSSR count). The number of methoxy groups -OCH3 is 1. The number of ether oxygens (including phenoxy) is 3. The maximum absolute atomic E-state index is 12.1. The van der Waals surface area contributed by atoms with Gasteiger partial charge in [0.05, 0.1) is 19.4 Å². The molecule has 0 bridgehead atoms. The zero-order valence-corrected chi connectivity index (χ0v) is 14.1. The highest BCUT2D eigenvalue weighted by atomic mass is 16.5. The van der Waals surface area contributed by atoms with E-state index in [9.17, 15) is 4.79 Å². The Morgan fingerprint density at radius 3 is 2.62 bits per heavy atom. The van der Waals surface area contributed by atoms with E-state index in [1.54, 1.807) is 19.2 Å². The van der Waals surface area contributed by atoms with Crippen molar-refractivity contribution in [3.63, 3.8) is 0 Å². The summed E-state index contributed by atoms with van der Waals surface area (Å²) in [6.07, 6.45) is 2.03. The number of carbonyl (C=O) groups excluding carboxylic acids is 1. The lowest BCUT2D eigenvalue weighted by Crippen LogP contribution is -2.20. The van der Waals surface area contributed by atoms with Crippen LogP contribution in [0.5, 0.6) is 17.2 Å². The van der Waals surface area contributed by atoms with Gasteiger partial charge in [0.2, 0.25) is 0 Å². The van der Waals surface area contributed by atoms with Crippen LogP contribution in [0.2, 0.25) is 0 Å². The number of benzene rings is 2. The van der Waals surface area contributed by atoms with Crippen molar-refractivity contribution in [1.29, 1.82) is 0 Å². The zero-order chi connectivity index (χ0) is 17.2. The third-order valence-electron chi connectivity index (χ3n) is 3.33. The molecule has 0 aliphatic rings. The van der Waals surface area contributed by atoms with Crippen LogP contribution in [-0.2, 0) is 4.79 Å². The minimum absolute atomic E-state index is 0.0868. The summed E-state index contributed by atoms with van der Waals surface area (Å²) in [5.74, 6) is 1.68. The second-order valence-electron chi connectivity index (χ2n) is 5.21. The van der Waals surface area contributed by atoms with E-state index in [2.05, 4.69) is 12.2 Å². The zero-order valence-electron chi connectivity index (χ0n) is 14.1. The summed E-state index contributed by atoms with van der Waals surface area (Å²) in [6, 6.07) is 14.5. The quantitative estimate of drug-likeness (QED) is 0.709. The third kappa shape index (κ3) is 5.50. The molecule has 0 saturated carbocycles. The van der Waals surface area contributed by atoms with Crippen molar-refractivity contribution in [3.05, 3.63) is 48.5 Å². The summed E-state index contributed by atoms with van der Waals surface area (Å²) in [5.41, 5.74) is 0.646. The van der Waals surface area contributed by atoms with Crippen LogP contribution in [0.3, 0.4) is 0 Å². The van der Waals surface area contributed by atoms with Crippen molar-refractivity contribution in [2.24, 2.45) is 0 Å². The molecule has 0 aliphatic carbocycles. The lowest BCUT2D eigenvalue weighted by Gasteiger charge is -2.13. The van der Waals surface area contributed by atoms with Crippen molar-refractivity contribution in [3.8, 4) is 17.2 Å². The van der Waals surface area contributed by atoms with Gasteiger partial charge in [0, 0.05) is 6.07 Å². The summed E-state index contributed by atoms with van der Waals surface area (Å²) in [4.78, 5) is 12.1. The number of hydrogen-bond acceptors (Lipinski definition) is 4. The molecule has 0 radical (unpaired) electrons. The van der Waals surface area contributed by atoms with Gasteiger partial charge in [-0.15, -0.1) is 0 Å². The van der Waals surface area contributed by atoms with Crippen LogP contribution in [-0.4, -0.2) is 26.2 Å². The first-order valence-electron chi connectivity index (χ1n) is 8.01. The first-order chi connectivity index (χ1) is 11.7.